The Morgan fingerprint density at radius 1 is 1.29 bits per heavy atom. The Morgan fingerprint density at radius 3 is 2.71 bits per heavy atom. The molecule has 0 radical (unpaired) electrons. The molecule has 5 nitrogen and oxygen atoms in total. The van der Waals surface area contributed by atoms with Crippen LogP contribution in [0.4, 0.5) is 0 Å². The topological polar surface area (TPSA) is 69.6 Å². The minimum atomic E-state index is -0.574. The van der Waals surface area contributed by atoms with Crippen molar-refractivity contribution >= 4 is 11.8 Å². The van der Waals surface area contributed by atoms with Gasteiger partial charge >= 0.3 is 0 Å². The number of carbonyl (C=O) groups is 2. The second-order valence-corrected chi connectivity index (χ2v) is 5.66. The van der Waals surface area contributed by atoms with Gasteiger partial charge in [-0.1, -0.05) is 24.3 Å². The molecular formula is C16H22N2O3. The van der Waals surface area contributed by atoms with Crippen LogP contribution in [-0.2, 0) is 16.0 Å². The van der Waals surface area contributed by atoms with Gasteiger partial charge in [-0.15, -0.1) is 0 Å². The van der Waals surface area contributed by atoms with Crippen LogP contribution >= 0.6 is 0 Å². The van der Waals surface area contributed by atoms with Crippen LogP contribution in [0.25, 0.3) is 0 Å². The summed E-state index contributed by atoms with van der Waals surface area (Å²) in [6, 6.07) is 7.42. The molecule has 1 aromatic rings. The summed E-state index contributed by atoms with van der Waals surface area (Å²) in [7, 11) is 3.41. The standard InChI is InChI=1S/C16H22N2O3/c1-18(2)15(21)9-5-8-14(20)17-16-12-7-4-3-6-11(12)10-13(16)19/h3-4,6-7,13,16,19H,5,8-10H2,1-2H3,(H,17,20)/t13-,16+/m0/s1. The van der Waals surface area contributed by atoms with Gasteiger partial charge in [0.25, 0.3) is 0 Å². The Labute approximate surface area is 125 Å². The van der Waals surface area contributed by atoms with E-state index in [4.69, 9.17) is 0 Å². The molecule has 0 saturated heterocycles. The molecule has 1 aliphatic rings. The third kappa shape index (κ3) is 3.82. The fourth-order valence-corrected chi connectivity index (χ4v) is 2.62. The lowest BCUT2D eigenvalue weighted by atomic mass is 10.1. The monoisotopic (exact) mass is 290 g/mol. The number of rotatable bonds is 5. The number of aliphatic hydroxyl groups excluding tert-OH is 1. The van der Waals surface area contributed by atoms with Crippen molar-refractivity contribution in [2.24, 2.45) is 0 Å². The minimum absolute atomic E-state index is 0.0223. The Morgan fingerprint density at radius 2 is 2.00 bits per heavy atom. The quantitative estimate of drug-likeness (QED) is 0.850. The number of nitrogens with zero attached hydrogens (tertiary/aromatic N) is 1. The Kier molecular flexibility index (Phi) is 4.96. The van der Waals surface area contributed by atoms with E-state index >= 15 is 0 Å². The molecule has 114 valence electrons. The van der Waals surface area contributed by atoms with Crippen LogP contribution < -0.4 is 5.32 Å². The molecule has 2 rings (SSSR count). The number of amides is 2. The second kappa shape index (κ2) is 6.72. The number of benzene rings is 1. The van der Waals surface area contributed by atoms with E-state index in [2.05, 4.69) is 5.32 Å². The van der Waals surface area contributed by atoms with Crippen LogP contribution in [0.3, 0.4) is 0 Å². The fraction of sp³-hybridized carbons (Fsp3) is 0.500. The predicted octanol–water partition coefficient (Wildman–Crippen LogP) is 1.02. The van der Waals surface area contributed by atoms with Gasteiger partial charge in [0.1, 0.15) is 0 Å². The highest BCUT2D eigenvalue weighted by atomic mass is 16.3. The molecule has 2 amide bonds. The maximum atomic E-state index is 12.0. The molecule has 21 heavy (non-hydrogen) atoms. The van der Waals surface area contributed by atoms with E-state index in [-0.39, 0.29) is 17.9 Å². The van der Waals surface area contributed by atoms with Crippen molar-refractivity contribution in [3.8, 4) is 0 Å². The average Bonchev–Trinajstić information content (AvgIpc) is 2.75. The van der Waals surface area contributed by atoms with Crippen LogP contribution in [0.2, 0.25) is 0 Å². The summed E-state index contributed by atoms with van der Waals surface area (Å²) in [6.07, 6.45) is 1.18. The molecule has 0 spiro atoms. The van der Waals surface area contributed by atoms with E-state index < -0.39 is 6.10 Å². The SMILES string of the molecule is CN(C)C(=O)CCCC(=O)N[C@@H]1c2ccccc2C[C@@H]1O. The maximum absolute atomic E-state index is 12.0. The number of nitrogens with one attached hydrogen (secondary N) is 1. The number of carbonyl (C=O) groups excluding carboxylic acids is 2. The molecule has 0 heterocycles. The predicted molar refractivity (Wildman–Crippen MR) is 79.6 cm³/mol. The van der Waals surface area contributed by atoms with Gasteiger partial charge in [0.05, 0.1) is 12.1 Å². The number of hydrogen-bond acceptors (Lipinski definition) is 3. The highest BCUT2D eigenvalue weighted by Gasteiger charge is 2.31. The van der Waals surface area contributed by atoms with Crippen molar-refractivity contribution in [1.29, 1.82) is 0 Å². The maximum Gasteiger partial charge on any atom is 0.222 e. The van der Waals surface area contributed by atoms with Crippen LogP contribution in [-0.4, -0.2) is 42.0 Å². The summed E-state index contributed by atoms with van der Waals surface area (Å²) >= 11 is 0. The van der Waals surface area contributed by atoms with Crippen LogP contribution in [0.15, 0.2) is 24.3 Å². The average molecular weight is 290 g/mol. The first-order chi connectivity index (χ1) is 9.99. The van der Waals surface area contributed by atoms with Crippen molar-refractivity contribution in [3.05, 3.63) is 35.4 Å². The first kappa shape index (κ1) is 15.5. The normalized spacial score (nSPS) is 20.0. The van der Waals surface area contributed by atoms with Gasteiger partial charge in [-0.3, -0.25) is 9.59 Å². The van der Waals surface area contributed by atoms with Gasteiger partial charge in [-0.2, -0.15) is 0 Å². The van der Waals surface area contributed by atoms with Gasteiger partial charge in [-0.25, -0.2) is 0 Å². The molecule has 0 aliphatic heterocycles. The summed E-state index contributed by atoms with van der Waals surface area (Å²) in [5.41, 5.74) is 2.07. The van der Waals surface area contributed by atoms with Crippen molar-refractivity contribution in [2.45, 2.75) is 37.8 Å². The molecule has 1 aliphatic carbocycles. The first-order valence-electron chi connectivity index (χ1n) is 7.24. The lowest BCUT2D eigenvalue weighted by Gasteiger charge is -2.18. The second-order valence-electron chi connectivity index (χ2n) is 5.66. The number of aliphatic hydroxyl groups is 1. The molecule has 0 fully saturated rings. The summed E-state index contributed by atoms with van der Waals surface area (Å²) in [5, 5.41) is 12.9. The van der Waals surface area contributed by atoms with Gasteiger partial charge in [-0.05, 0) is 17.5 Å². The Hall–Kier alpha value is -1.88. The highest BCUT2D eigenvalue weighted by Crippen LogP contribution is 2.31. The van der Waals surface area contributed by atoms with Gasteiger partial charge in [0, 0.05) is 33.4 Å². The van der Waals surface area contributed by atoms with Crippen LogP contribution in [0.5, 0.6) is 0 Å². The zero-order chi connectivity index (χ0) is 15.4. The minimum Gasteiger partial charge on any atom is -0.390 e. The highest BCUT2D eigenvalue weighted by molar-refractivity contribution is 5.79. The Bertz CT molecular complexity index is 528. The lowest BCUT2D eigenvalue weighted by Crippen LogP contribution is -2.33. The van der Waals surface area contributed by atoms with Crippen molar-refractivity contribution in [1.82, 2.24) is 10.2 Å². The van der Waals surface area contributed by atoms with Crippen LogP contribution in [0, 0.1) is 0 Å². The molecule has 2 atom stereocenters. The van der Waals surface area contributed by atoms with Gasteiger partial charge < -0.3 is 15.3 Å². The van der Waals surface area contributed by atoms with Crippen molar-refractivity contribution in [3.63, 3.8) is 0 Å². The van der Waals surface area contributed by atoms with Crippen molar-refractivity contribution in [2.75, 3.05) is 14.1 Å². The third-order valence-corrected chi connectivity index (χ3v) is 3.81. The zero-order valence-electron chi connectivity index (χ0n) is 12.5. The van der Waals surface area contributed by atoms with Gasteiger partial charge in [0.2, 0.25) is 11.8 Å². The molecule has 0 unspecified atom stereocenters. The molecule has 1 aromatic carbocycles. The largest absolute Gasteiger partial charge is 0.390 e. The Balaban J connectivity index is 1.85. The summed E-state index contributed by atoms with van der Waals surface area (Å²) < 4.78 is 0. The lowest BCUT2D eigenvalue weighted by molar-refractivity contribution is -0.129. The van der Waals surface area contributed by atoms with E-state index in [1.165, 1.54) is 4.90 Å². The molecule has 5 heteroatoms. The molecule has 2 N–H and O–H groups in total. The van der Waals surface area contributed by atoms with E-state index in [9.17, 15) is 14.7 Å². The summed E-state index contributed by atoms with van der Waals surface area (Å²) in [4.78, 5) is 24.9. The fourth-order valence-electron chi connectivity index (χ4n) is 2.62. The molecule has 0 saturated carbocycles. The van der Waals surface area contributed by atoms with Crippen molar-refractivity contribution < 1.29 is 14.7 Å². The van der Waals surface area contributed by atoms with Crippen LogP contribution in [0.1, 0.15) is 36.4 Å². The van der Waals surface area contributed by atoms with Gasteiger partial charge in [0.15, 0.2) is 0 Å². The zero-order valence-corrected chi connectivity index (χ0v) is 12.5. The number of hydrogen-bond donors (Lipinski definition) is 2. The first-order valence-corrected chi connectivity index (χ1v) is 7.24. The third-order valence-electron chi connectivity index (χ3n) is 3.81. The van der Waals surface area contributed by atoms with E-state index in [0.29, 0.717) is 25.7 Å². The molecule has 0 bridgehead atoms. The molecular weight excluding hydrogens is 268 g/mol. The van der Waals surface area contributed by atoms with E-state index in [1.807, 2.05) is 24.3 Å². The number of fused-ring (bicyclic) bond motifs is 1. The summed E-state index contributed by atoms with van der Waals surface area (Å²) in [5.74, 6) is -0.101. The van der Waals surface area contributed by atoms with E-state index in [1.54, 1.807) is 14.1 Å². The molecule has 0 aromatic heterocycles. The van der Waals surface area contributed by atoms with E-state index in [0.717, 1.165) is 11.1 Å². The smallest absolute Gasteiger partial charge is 0.222 e. The summed E-state index contributed by atoms with van der Waals surface area (Å²) in [6.45, 7) is 0.